The molecule has 5 nitrogen and oxygen atoms in total. The minimum absolute atomic E-state index is 0.0498. The van der Waals surface area contributed by atoms with Gasteiger partial charge in [0.05, 0.1) is 24.6 Å². The lowest BCUT2D eigenvalue weighted by Crippen LogP contribution is -2.28. The third kappa shape index (κ3) is 3.43. The van der Waals surface area contributed by atoms with Gasteiger partial charge in [0.15, 0.2) is 0 Å². The largest absolute Gasteiger partial charge is 0.497 e. The van der Waals surface area contributed by atoms with Crippen molar-refractivity contribution in [2.24, 2.45) is 0 Å². The molecule has 1 aliphatic heterocycles. The lowest BCUT2D eigenvalue weighted by molar-refractivity contribution is 0.0791. The molecule has 1 fully saturated rings. The number of hydrogen-bond acceptors (Lipinski definition) is 3. The number of carbonyl (C=O) groups excluding carboxylic acids is 1. The summed E-state index contributed by atoms with van der Waals surface area (Å²) < 4.78 is 18.4. The van der Waals surface area contributed by atoms with Gasteiger partial charge in [0.2, 0.25) is 0 Å². The molecule has 1 atom stereocenters. The molecule has 1 aliphatic rings. The lowest BCUT2D eigenvalue weighted by Gasteiger charge is -2.17. The van der Waals surface area contributed by atoms with E-state index in [1.165, 1.54) is 12.1 Å². The van der Waals surface area contributed by atoms with E-state index in [0.29, 0.717) is 24.3 Å². The van der Waals surface area contributed by atoms with E-state index in [9.17, 15) is 9.18 Å². The van der Waals surface area contributed by atoms with Gasteiger partial charge in [-0.15, -0.1) is 0 Å². The average Bonchev–Trinajstić information content (AvgIpc) is 3.38. The first-order chi connectivity index (χ1) is 13.2. The number of nitrogens with one attached hydrogen (secondary N) is 1. The number of likely N-dealkylation sites (tertiary alicyclic amines) is 1. The predicted molar refractivity (Wildman–Crippen MR) is 100 cm³/mol. The molecular weight excluding hydrogens is 345 g/mol. The molecule has 0 spiro atoms. The fraction of sp³-hybridized carbons (Fsp3) is 0.238. The Bertz CT molecular complexity index is 952. The SMILES string of the molecule is COc1cccc(-c2[nH]ncc2C(=O)N2CC[C@H](c3ccc(F)cc3)C2)c1. The van der Waals surface area contributed by atoms with E-state index in [1.807, 2.05) is 29.2 Å². The molecular formula is C21H20FN3O2. The number of amides is 1. The Kier molecular flexibility index (Phi) is 4.62. The molecule has 1 aromatic heterocycles. The zero-order valence-corrected chi connectivity index (χ0v) is 15.0. The van der Waals surface area contributed by atoms with Crippen LogP contribution in [0.25, 0.3) is 11.3 Å². The van der Waals surface area contributed by atoms with Crippen molar-refractivity contribution in [1.29, 1.82) is 0 Å². The van der Waals surface area contributed by atoms with Crippen LogP contribution in [0.2, 0.25) is 0 Å². The molecule has 4 rings (SSSR count). The van der Waals surface area contributed by atoms with Gasteiger partial charge in [0, 0.05) is 24.6 Å². The topological polar surface area (TPSA) is 58.2 Å². The van der Waals surface area contributed by atoms with Gasteiger partial charge < -0.3 is 9.64 Å². The van der Waals surface area contributed by atoms with Crippen LogP contribution in [0, 0.1) is 5.82 Å². The van der Waals surface area contributed by atoms with Crippen molar-refractivity contribution in [3.63, 3.8) is 0 Å². The molecule has 2 heterocycles. The zero-order valence-electron chi connectivity index (χ0n) is 15.0. The lowest BCUT2D eigenvalue weighted by atomic mass is 9.98. The summed E-state index contributed by atoms with van der Waals surface area (Å²) in [5.41, 5.74) is 3.14. The summed E-state index contributed by atoms with van der Waals surface area (Å²) >= 11 is 0. The van der Waals surface area contributed by atoms with Crippen LogP contribution in [0.1, 0.15) is 28.3 Å². The van der Waals surface area contributed by atoms with Gasteiger partial charge in [-0.1, -0.05) is 24.3 Å². The van der Waals surface area contributed by atoms with Crippen LogP contribution in [0.4, 0.5) is 4.39 Å². The van der Waals surface area contributed by atoms with E-state index < -0.39 is 0 Å². The molecule has 0 saturated carbocycles. The highest BCUT2D eigenvalue weighted by Gasteiger charge is 2.30. The molecule has 0 radical (unpaired) electrons. The summed E-state index contributed by atoms with van der Waals surface area (Å²) in [4.78, 5) is 14.9. The number of rotatable bonds is 4. The van der Waals surface area contributed by atoms with E-state index in [0.717, 1.165) is 23.3 Å². The number of carbonyl (C=O) groups is 1. The molecule has 0 unspecified atom stereocenters. The molecule has 2 aromatic carbocycles. The first kappa shape index (κ1) is 17.3. The van der Waals surface area contributed by atoms with Crippen molar-refractivity contribution >= 4 is 5.91 Å². The van der Waals surface area contributed by atoms with E-state index in [-0.39, 0.29) is 17.6 Å². The molecule has 1 saturated heterocycles. The number of ether oxygens (including phenoxy) is 1. The Morgan fingerprint density at radius 3 is 2.85 bits per heavy atom. The van der Waals surface area contributed by atoms with Gasteiger partial charge >= 0.3 is 0 Å². The summed E-state index contributed by atoms with van der Waals surface area (Å²) in [6, 6.07) is 14.1. The third-order valence-corrected chi connectivity index (χ3v) is 5.05. The van der Waals surface area contributed by atoms with Gasteiger partial charge in [0.1, 0.15) is 11.6 Å². The number of hydrogen-bond donors (Lipinski definition) is 1. The van der Waals surface area contributed by atoms with Gasteiger partial charge in [-0.25, -0.2) is 4.39 Å². The fourth-order valence-electron chi connectivity index (χ4n) is 3.57. The monoisotopic (exact) mass is 365 g/mol. The van der Waals surface area contributed by atoms with Crippen molar-refractivity contribution < 1.29 is 13.9 Å². The first-order valence-electron chi connectivity index (χ1n) is 8.88. The average molecular weight is 365 g/mol. The number of aromatic nitrogens is 2. The highest BCUT2D eigenvalue weighted by Crippen LogP contribution is 2.31. The Labute approximate surface area is 156 Å². The maximum absolute atomic E-state index is 13.1. The van der Waals surface area contributed by atoms with Crippen LogP contribution >= 0.6 is 0 Å². The summed E-state index contributed by atoms with van der Waals surface area (Å²) in [5, 5.41) is 7.01. The quantitative estimate of drug-likeness (QED) is 0.764. The molecule has 27 heavy (non-hydrogen) atoms. The van der Waals surface area contributed by atoms with Gasteiger partial charge in [-0.3, -0.25) is 9.89 Å². The van der Waals surface area contributed by atoms with Crippen LogP contribution in [0.3, 0.4) is 0 Å². The number of benzene rings is 2. The van der Waals surface area contributed by atoms with Crippen LogP contribution < -0.4 is 4.74 Å². The number of methoxy groups -OCH3 is 1. The zero-order chi connectivity index (χ0) is 18.8. The minimum Gasteiger partial charge on any atom is -0.497 e. The molecule has 0 aliphatic carbocycles. The summed E-state index contributed by atoms with van der Waals surface area (Å²) in [7, 11) is 1.61. The Hall–Kier alpha value is -3.15. The second-order valence-corrected chi connectivity index (χ2v) is 6.68. The highest BCUT2D eigenvalue weighted by atomic mass is 19.1. The Balaban J connectivity index is 1.54. The smallest absolute Gasteiger partial charge is 0.257 e. The van der Waals surface area contributed by atoms with Crippen molar-refractivity contribution in [2.45, 2.75) is 12.3 Å². The molecule has 6 heteroatoms. The fourth-order valence-corrected chi connectivity index (χ4v) is 3.57. The molecule has 1 amide bonds. The van der Waals surface area contributed by atoms with Crippen molar-refractivity contribution in [1.82, 2.24) is 15.1 Å². The minimum atomic E-state index is -0.244. The maximum atomic E-state index is 13.1. The second-order valence-electron chi connectivity index (χ2n) is 6.68. The standard InChI is InChI=1S/C21H20FN3O2/c1-27-18-4-2-3-15(11-18)20-19(12-23-24-20)21(26)25-10-9-16(13-25)14-5-7-17(22)8-6-14/h2-8,11-12,16H,9-10,13H2,1H3,(H,23,24)/t16-/m0/s1. The van der Waals surface area contributed by atoms with E-state index >= 15 is 0 Å². The summed E-state index contributed by atoms with van der Waals surface area (Å²) in [5.74, 6) is 0.650. The normalized spacial score (nSPS) is 16.5. The van der Waals surface area contributed by atoms with Crippen LogP contribution in [0.5, 0.6) is 5.75 Å². The molecule has 3 aromatic rings. The van der Waals surface area contributed by atoms with E-state index in [4.69, 9.17) is 4.74 Å². The Morgan fingerprint density at radius 2 is 2.07 bits per heavy atom. The maximum Gasteiger partial charge on any atom is 0.257 e. The number of H-pyrrole nitrogens is 1. The Morgan fingerprint density at radius 1 is 1.26 bits per heavy atom. The number of aromatic amines is 1. The van der Waals surface area contributed by atoms with Crippen LogP contribution in [0.15, 0.2) is 54.7 Å². The second kappa shape index (κ2) is 7.23. The number of halogens is 1. The van der Waals surface area contributed by atoms with Crippen molar-refractivity contribution in [2.75, 3.05) is 20.2 Å². The van der Waals surface area contributed by atoms with Gasteiger partial charge in [0.25, 0.3) is 5.91 Å². The third-order valence-electron chi connectivity index (χ3n) is 5.05. The van der Waals surface area contributed by atoms with Crippen LogP contribution in [-0.2, 0) is 0 Å². The van der Waals surface area contributed by atoms with Crippen molar-refractivity contribution in [3.8, 4) is 17.0 Å². The van der Waals surface area contributed by atoms with Gasteiger partial charge in [-0.05, 0) is 36.2 Å². The highest BCUT2D eigenvalue weighted by molar-refractivity contribution is 6.00. The number of nitrogens with zero attached hydrogens (tertiary/aromatic N) is 2. The van der Waals surface area contributed by atoms with Crippen molar-refractivity contribution in [3.05, 3.63) is 71.7 Å². The molecule has 138 valence electrons. The van der Waals surface area contributed by atoms with E-state index in [1.54, 1.807) is 25.4 Å². The first-order valence-corrected chi connectivity index (χ1v) is 8.88. The summed E-state index contributed by atoms with van der Waals surface area (Å²) in [6.45, 7) is 1.29. The van der Waals surface area contributed by atoms with Gasteiger partial charge in [-0.2, -0.15) is 5.10 Å². The summed E-state index contributed by atoms with van der Waals surface area (Å²) in [6.07, 6.45) is 2.44. The molecule has 1 N–H and O–H groups in total. The predicted octanol–water partition coefficient (Wildman–Crippen LogP) is 3.85. The van der Waals surface area contributed by atoms with E-state index in [2.05, 4.69) is 10.2 Å². The van der Waals surface area contributed by atoms with Crippen LogP contribution in [-0.4, -0.2) is 41.2 Å². The molecule has 0 bridgehead atoms.